The van der Waals surface area contributed by atoms with Gasteiger partial charge in [-0.3, -0.25) is 0 Å². The second-order valence-corrected chi connectivity index (χ2v) is 8.12. The van der Waals surface area contributed by atoms with E-state index in [1.54, 1.807) is 0 Å². The second kappa shape index (κ2) is 5.58. The summed E-state index contributed by atoms with van der Waals surface area (Å²) in [6.07, 6.45) is 6.88. The summed E-state index contributed by atoms with van der Waals surface area (Å²) in [5.74, 6) is 0.190. The maximum Gasteiger partial charge on any atom is 0.404 e. The highest BCUT2D eigenvalue weighted by atomic mass is 16.4. The average Bonchev–Trinajstić information content (AvgIpc) is 3.22. The van der Waals surface area contributed by atoms with Gasteiger partial charge in [-0.25, -0.2) is 9.78 Å². The zero-order valence-corrected chi connectivity index (χ0v) is 14.5. The van der Waals surface area contributed by atoms with Crippen LogP contribution in [-0.4, -0.2) is 38.0 Å². The third-order valence-electron chi connectivity index (χ3n) is 6.91. The normalized spacial score (nSPS) is 34.8. The van der Waals surface area contributed by atoms with Gasteiger partial charge in [-0.15, -0.1) is 0 Å². The quantitative estimate of drug-likeness (QED) is 0.774. The Bertz CT molecular complexity index is 853. The molecule has 3 atom stereocenters. The molecule has 0 bridgehead atoms. The number of carboxylic acid groups (broad SMARTS) is 1. The molecule has 6 heteroatoms. The minimum Gasteiger partial charge on any atom is -0.465 e. The van der Waals surface area contributed by atoms with Crippen molar-refractivity contribution >= 4 is 6.09 Å². The standard InChI is InChI=1S/C20H23N3O3/c24-18-15(9-20(18)7-5-12(6-8-20)22-19(25)26)17-14-4-2-1-3-13(14)16-10-21-11-23(16)17/h1-4,10-12,15,17-18,22,24H,5-9H2,(H,25,26)/t12?,15-,17+,18-,20?/m0/s1. The van der Waals surface area contributed by atoms with Crippen LogP contribution in [0.3, 0.4) is 0 Å². The van der Waals surface area contributed by atoms with Crippen LogP contribution in [0.2, 0.25) is 0 Å². The summed E-state index contributed by atoms with van der Waals surface area (Å²) in [5.41, 5.74) is 3.59. The van der Waals surface area contributed by atoms with Gasteiger partial charge in [-0.05, 0) is 43.1 Å². The number of nitrogens with one attached hydrogen (secondary N) is 1. The first-order valence-electron chi connectivity index (χ1n) is 9.38. The number of benzene rings is 1. The van der Waals surface area contributed by atoms with E-state index in [0.717, 1.165) is 37.8 Å². The summed E-state index contributed by atoms with van der Waals surface area (Å²) >= 11 is 0. The Labute approximate surface area is 151 Å². The van der Waals surface area contributed by atoms with E-state index < -0.39 is 6.09 Å². The molecule has 2 aromatic rings. The van der Waals surface area contributed by atoms with Crippen LogP contribution < -0.4 is 5.32 Å². The van der Waals surface area contributed by atoms with Crippen molar-refractivity contribution in [2.24, 2.45) is 11.3 Å². The van der Waals surface area contributed by atoms with E-state index in [4.69, 9.17) is 5.11 Å². The monoisotopic (exact) mass is 353 g/mol. The van der Waals surface area contributed by atoms with Crippen molar-refractivity contribution in [3.63, 3.8) is 0 Å². The fourth-order valence-corrected chi connectivity index (χ4v) is 5.60. The summed E-state index contributed by atoms with van der Waals surface area (Å²) in [4.78, 5) is 15.2. The number of imidazole rings is 1. The summed E-state index contributed by atoms with van der Waals surface area (Å²) < 4.78 is 2.21. The number of amides is 1. The number of hydrogen-bond donors (Lipinski definition) is 3. The zero-order valence-electron chi connectivity index (χ0n) is 14.5. The van der Waals surface area contributed by atoms with Crippen molar-refractivity contribution in [3.05, 3.63) is 42.4 Å². The van der Waals surface area contributed by atoms with Crippen LogP contribution in [-0.2, 0) is 0 Å². The van der Waals surface area contributed by atoms with Crippen molar-refractivity contribution in [2.75, 3.05) is 0 Å². The lowest BCUT2D eigenvalue weighted by Gasteiger charge is -2.57. The van der Waals surface area contributed by atoms with Gasteiger partial charge < -0.3 is 20.1 Å². The van der Waals surface area contributed by atoms with Crippen LogP contribution in [0.4, 0.5) is 4.79 Å². The molecule has 2 aliphatic carbocycles. The van der Waals surface area contributed by atoms with Crippen LogP contribution in [0, 0.1) is 11.3 Å². The van der Waals surface area contributed by atoms with E-state index in [2.05, 4.69) is 33.1 Å². The number of rotatable bonds is 2. The molecule has 1 aromatic carbocycles. The molecule has 26 heavy (non-hydrogen) atoms. The van der Waals surface area contributed by atoms with Crippen molar-refractivity contribution in [3.8, 4) is 11.3 Å². The highest BCUT2D eigenvalue weighted by Crippen LogP contribution is 2.60. The van der Waals surface area contributed by atoms with E-state index in [1.807, 2.05) is 18.6 Å². The Morgan fingerprint density at radius 1 is 1.27 bits per heavy atom. The maximum atomic E-state index is 11.1. The number of aliphatic hydroxyl groups is 1. The molecule has 2 heterocycles. The Balaban J connectivity index is 1.36. The van der Waals surface area contributed by atoms with Crippen LogP contribution in [0.1, 0.15) is 43.7 Å². The summed E-state index contributed by atoms with van der Waals surface area (Å²) in [6.45, 7) is 0. The number of nitrogens with zero attached hydrogens (tertiary/aromatic N) is 2. The highest BCUT2D eigenvalue weighted by molar-refractivity contribution is 5.69. The third kappa shape index (κ3) is 2.14. The van der Waals surface area contributed by atoms with E-state index in [9.17, 15) is 9.90 Å². The van der Waals surface area contributed by atoms with Gasteiger partial charge in [0.1, 0.15) is 0 Å². The molecule has 2 fully saturated rings. The molecule has 1 spiro atoms. The number of fused-ring (bicyclic) bond motifs is 3. The van der Waals surface area contributed by atoms with Crippen LogP contribution in [0.25, 0.3) is 11.3 Å². The Morgan fingerprint density at radius 3 is 2.77 bits per heavy atom. The Morgan fingerprint density at radius 2 is 2.04 bits per heavy atom. The van der Waals surface area contributed by atoms with Gasteiger partial charge in [-0.1, -0.05) is 24.3 Å². The van der Waals surface area contributed by atoms with Gasteiger partial charge in [0.2, 0.25) is 0 Å². The molecular formula is C20H23N3O3. The predicted octanol–water partition coefficient (Wildman–Crippen LogP) is 3.03. The average molecular weight is 353 g/mol. The molecular weight excluding hydrogens is 330 g/mol. The molecule has 1 amide bonds. The molecule has 0 saturated heterocycles. The second-order valence-electron chi connectivity index (χ2n) is 8.12. The molecule has 2 saturated carbocycles. The minimum absolute atomic E-state index is 0.0248. The van der Waals surface area contributed by atoms with Gasteiger partial charge >= 0.3 is 6.09 Å². The van der Waals surface area contributed by atoms with E-state index in [0.29, 0.717) is 0 Å². The lowest BCUT2D eigenvalue weighted by atomic mass is 9.51. The predicted molar refractivity (Wildman–Crippen MR) is 95.8 cm³/mol. The summed E-state index contributed by atoms with van der Waals surface area (Å²) in [6, 6.07) is 8.59. The first-order chi connectivity index (χ1) is 12.6. The Kier molecular flexibility index (Phi) is 3.41. The van der Waals surface area contributed by atoms with Crippen LogP contribution >= 0.6 is 0 Å². The van der Waals surface area contributed by atoms with Gasteiger partial charge in [-0.2, -0.15) is 0 Å². The summed E-state index contributed by atoms with van der Waals surface area (Å²) in [7, 11) is 0. The van der Waals surface area contributed by atoms with Crippen LogP contribution in [0.5, 0.6) is 0 Å². The highest BCUT2D eigenvalue weighted by Gasteiger charge is 2.57. The molecule has 0 radical (unpaired) electrons. The summed E-state index contributed by atoms with van der Waals surface area (Å²) in [5, 5.41) is 22.6. The zero-order chi connectivity index (χ0) is 17.9. The first-order valence-corrected chi connectivity index (χ1v) is 9.38. The molecule has 3 N–H and O–H groups in total. The van der Waals surface area contributed by atoms with Crippen molar-refractivity contribution in [1.29, 1.82) is 0 Å². The van der Waals surface area contributed by atoms with E-state index >= 15 is 0 Å². The molecule has 3 aliphatic rings. The molecule has 136 valence electrons. The van der Waals surface area contributed by atoms with E-state index in [-0.39, 0.29) is 29.5 Å². The number of carbonyl (C=O) groups is 1. The first kappa shape index (κ1) is 15.9. The topological polar surface area (TPSA) is 87.4 Å². The third-order valence-corrected chi connectivity index (χ3v) is 6.91. The fraction of sp³-hybridized carbons (Fsp3) is 0.500. The van der Waals surface area contributed by atoms with Gasteiger partial charge in [0.25, 0.3) is 0 Å². The molecule has 0 unspecified atom stereocenters. The van der Waals surface area contributed by atoms with Crippen molar-refractivity contribution in [1.82, 2.24) is 14.9 Å². The van der Waals surface area contributed by atoms with Crippen LogP contribution in [0.15, 0.2) is 36.8 Å². The largest absolute Gasteiger partial charge is 0.465 e. The number of aromatic nitrogens is 2. The molecule has 6 nitrogen and oxygen atoms in total. The van der Waals surface area contributed by atoms with Crippen molar-refractivity contribution in [2.45, 2.75) is 50.3 Å². The Hall–Kier alpha value is -2.34. The number of hydrogen-bond acceptors (Lipinski definition) is 3. The maximum absolute atomic E-state index is 11.1. The molecule has 5 rings (SSSR count). The molecule has 1 aromatic heterocycles. The van der Waals surface area contributed by atoms with E-state index in [1.165, 1.54) is 11.1 Å². The minimum atomic E-state index is -0.951. The number of aliphatic hydroxyl groups excluding tert-OH is 1. The molecule has 1 aliphatic heterocycles. The fourth-order valence-electron chi connectivity index (χ4n) is 5.60. The van der Waals surface area contributed by atoms with Crippen molar-refractivity contribution < 1.29 is 15.0 Å². The smallest absolute Gasteiger partial charge is 0.404 e. The van der Waals surface area contributed by atoms with Gasteiger partial charge in [0.15, 0.2) is 0 Å². The lowest BCUT2D eigenvalue weighted by Crippen LogP contribution is -2.57. The SMILES string of the molecule is O=C(O)NC1CCC2(CC1)C[C@@H]([C@H]1c3ccccc3-c3cncn31)[C@@H]2O. The lowest BCUT2D eigenvalue weighted by molar-refractivity contribution is -0.152. The van der Waals surface area contributed by atoms with Gasteiger partial charge in [0.05, 0.1) is 30.4 Å². The van der Waals surface area contributed by atoms with Gasteiger partial charge in [0, 0.05) is 17.5 Å².